The first kappa shape index (κ1) is 12.4. The third kappa shape index (κ3) is 1.61. The molecule has 1 aliphatic heterocycles. The van der Waals surface area contributed by atoms with E-state index >= 15 is 0 Å². The Morgan fingerprint density at radius 2 is 2.06 bits per heavy atom. The van der Waals surface area contributed by atoms with E-state index in [1.165, 1.54) is 6.21 Å². The molecular weight excluding hydrogens is 212 g/mol. The summed E-state index contributed by atoms with van der Waals surface area (Å²) in [6, 6.07) is 0. The van der Waals surface area contributed by atoms with E-state index in [1.807, 2.05) is 0 Å². The highest BCUT2D eigenvalue weighted by atomic mass is 16.4. The molecule has 1 heterocycles. The lowest BCUT2D eigenvalue weighted by atomic mass is 9.99. The van der Waals surface area contributed by atoms with Crippen molar-refractivity contribution in [1.29, 1.82) is 0 Å². The van der Waals surface area contributed by atoms with Gasteiger partial charge in [-0.2, -0.15) is 0 Å². The van der Waals surface area contributed by atoms with E-state index < -0.39 is 22.1 Å². The van der Waals surface area contributed by atoms with E-state index in [9.17, 15) is 14.7 Å². The summed E-state index contributed by atoms with van der Waals surface area (Å²) >= 11 is 0. The molecular formula is C10H14N2O4. The Balaban J connectivity index is 3.43. The largest absolute Gasteiger partial charge is 0.498 e. The first-order valence-corrected chi connectivity index (χ1v) is 4.79. The third-order valence-corrected chi connectivity index (χ3v) is 2.74. The summed E-state index contributed by atoms with van der Waals surface area (Å²) in [5.41, 5.74) is -1.11. The van der Waals surface area contributed by atoms with Crippen molar-refractivity contribution in [2.24, 2.45) is 4.99 Å². The highest BCUT2D eigenvalue weighted by Gasteiger charge is 2.50. The number of amides is 1. The molecule has 0 aromatic carbocycles. The zero-order chi connectivity index (χ0) is 12.6. The highest BCUT2D eigenvalue weighted by Crippen LogP contribution is 2.32. The summed E-state index contributed by atoms with van der Waals surface area (Å²) < 4.78 is -0.758. The van der Waals surface area contributed by atoms with Crippen LogP contribution in [0.1, 0.15) is 20.8 Å². The summed E-state index contributed by atoms with van der Waals surface area (Å²) in [5.74, 6) is -1.30. The van der Waals surface area contributed by atoms with Crippen molar-refractivity contribution >= 4 is 18.3 Å². The smallest absolute Gasteiger partial charge is 0.392 e. The number of aliphatic imine (C=N–C) groups is 1. The van der Waals surface area contributed by atoms with Crippen LogP contribution in [-0.4, -0.2) is 40.0 Å². The van der Waals surface area contributed by atoms with E-state index in [0.717, 1.165) is 6.20 Å². The zero-order valence-electron chi connectivity index (χ0n) is 9.43. The fourth-order valence-electron chi connectivity index (χ4n) is 1.79. The van der Waals surface area contributed by atoms with Gasteiger partial charge < -0.3 is 15.0 Å². The van der Waals surface area contributed by atoms with E-state index in [2.05, 4.69) is 4.99 Å². The molecule has 1 N–H and O–H groups in total. The second-order valence-corrected chi connectivity index (χ2v) is 4.58. The molecule has 0 spiro atoms. The molecule has 0 radical (unpaired) electrons. The van der Waals surface area contributed by atoms with Crippen LogP contribution < -0.4 is 5.11 Å². The quantitative estimate of drug-likeness (QED) is 0.635. The van der Waals surface area contributed by atoms with Gasteiger partial charge in [0.05, 0.1) is 12.4 Å². The normalized spacial score (nSPS) is 25.1. The maximum atomic E-state index is 11.3. The van der Waals surface area contributed by atoms with Crippen LogP contribution in [0.5, 0.6) is 0 Å². The van der Waals surface area contributed by atoms with Crippen molar-refractivity contribution in [3.05, 3.63) is 11.9 Å². The maximum absolute atomic E-state index is 11.3. The SMILES string of the molecule is CC(C)(C)[N+]1(C(=O)[O-])CC=NC=C1C(=O)O. The van der Waals surface area contributed by atoms with Gasteiger partial charge in [0.25, 0.3) is 6.09 Å². The lowest BCUT2D eigenvalue weighted by Crippen LogP contribution is -2.69. The lowest BCUT2D eigenvalue weighted by Gasteiger charge is -2.46. The Labute approximate surface area is 93.1 Å². The van der Waals surface area contributed by atoms with Gasteiger partial charge in [0.15, 0.2) is 0 Å². The number of hydrogen-bond acceptors (Lipinski definition) is 4. The second-order valence-electron chi connectivity index (χ2n) is 4.58. The molecule has 6 heteroatoms. The average molecular weight is 226 g/mol. The van der Waals surface area contributed by atoms with Crippen LogP contribution >= 0.6 is 0 Å². The molecule has 0 aromatic heterocycles. The molecule has 1 atom stereocenters. The van der Waals surface area contributed by atoms with Crippen LogP contribution in [-0.2, 0) is 4.79 Å². The fraction of sp³-hybridized carbons (Fsp3) is 0.500. The van der Waals surface area contributed by atoms with Gasteiger partial charge in [-0.05, 0) is 20.8 Å². The molecule has 1 aliphatic rings. The Kier molecular flexibility index (Phi) is 2.87. The molecule has 16 heavy (non-hydrogen) atoms. The molecule has 0 saturated heterocycles. The lowest BCUT2D eigenvalue weighted by molar-refractivity contribution is -0.874. The van der Waals surface area contributed by atoms with E-state index in [4.69, 9.17) is 5.11 Å². The van der Waals surface area contributed by atoms with Crippen molar-refractivity contribution in [3.8, 4) is 0 Å². The highest BCUT2D eigenvalue weighted by molar-refractivity contribution is 5.88. The van der Waals surface area contributed by atoms with Crippen molar-refractivity contribution < 1.29 is 24.3 Å². The van der Waals surface area contributed by atoms with Crippen LogP contribution in [0.15, 0.2) is 16.9 Å². The molecule has 0 saturated carbocycles. The van der Waals surface area contributed by atoms with E-state index in [0.29, 0.717) is 0 Å². The number of carboxylic acids is 1. The number of carbonyl (C=O) groups is 2. The van der Waals surface area contributed by atoms with Crippen molar-refractivity contribution in [1.82, 2.24) is 0 Å². The maximum Gasteiger partial charge on any atom is 0.392 e. The Hall–Kier alpha value is -1.69. The number of quaternary nitrogens is 1. The third-order valence-electron chi connectivity index (χ3n) is 2.74. The number of carbonyl (C=O) groups excluding carboxylic acids is 1. The summed E-state index contributed by atoms with van der Waals surface area (Å²) in [6.07, 6.45) is 1.01. The minimum atomic E-state index is -1.44. The molecule has 0 aliphatic carbocycles. The summed E-state index contributed by atoms with van der Waals surface area (Å²) in [7, 11) is 0. The summed E-state index contributed by atoms with van der Waals surface area (Å²) in [6.45, 7) is 4.93. The first-order chi connectivity index (χ1) is 7.23. The minimum absolute atomic E-state index is 0.0238. The van der Waals surface area contributed by atoms with Gasteiger partial charge >= 0.3 is 5.97 Å². The standard InChI is InChI=1S/C10H14N2O4/c1-10(2,3)12(9(15)16)5-4-11-6-7(12)8(13)14/h4,6H,5H2,1-3H3,(H-,13,14,15,16). The fourth-order valence-corrected chi connectivity index (χ4v) is 1.79. The van der Waals surface area contributed by atoms with Crippen LogP contribution in [0.4, 0.5) is 4.79 Å². The molecule has 1 rings (SSSR count). The molecule has 6 nitrogen and oxygen atoms in total. The number of carboxylic acid groups (broad SMARTS) is 2. The van der Waals surface area contributed by atoms with Crippen molar-refractivity contribution in [3.63, 3.8) is 0 Å². The molecule has 1 unspecified atom stereocenters. The van der Waals surface area contributed by atoms with Gasteiger partial charge in [-0.15, -0.1) is 0 Å². The number of aliphatic carboxylic acids is 1. The van der Waals surface area contributed by atoms with Gasteiger partial charge in [-0.1, -0.05) is 0 Å². The van der Waals surface area contributed by atoms with Crippen LogP contribution in [0, 0.1) is 0 Å². The van der Waals surface area contributed by atoms with Gasteiger partial charge in [-0.25, -0.2) is 9.28 Å². The van der Waals surface area contributed by atoms with Crippen LogP contribution in [0.3, 0.4) is 0 Å². The van der Waals surface area contributed by atoms with Crippen molar-refractivity contribution in [2.45, 2.75) is 26.3 Å². The molecule has 0 aromatic rings. The van der Waals surface area contributed by atoms with Crippen LogP contribution in [0.25, 0.3) is 0 Å². The zero-order valence-corrected chi connectivity index (χ0v) is 9.43. The van der Waals surface area contributed by atoms with Gasteiger partial charge in [0.2, 0.25) is 5.70 Å². The van der Waals surface area contributed by atoms with Crippen molar-refractivity contribution in [2.75, 3.05) is 6.54 Å². The average Bonchev–Trinajstić information content (AvgIpc) is 2.15. The van der Waals surface area contributed by atoms with E-state index in [-0.39, 0.29) is 12.2 Å². The number of nitrogens with zero attached hydrogens (tertiary/aromatic N) is 2. The first-order valence-electron chi connectivity index (χ1n) is 4.79. The summed E-state index contributed by atoms with van der Waals surface area (Å²) in [4.78, 5) is 26.1. The number of hydrogen-bond donors (Lipinski definition) is 1. The molecule has 1 amide bonds. The molecule has 88 valence electrons. The Morgan fingerprint density at radius 1 is 1.50 bits per heavy atom. The second kappa shape index (κ2) is 3.71. The van der Waals surface area contributed by atoms with Gasteiger partial charge in [0, 0.05) is 0 Å². The topological polar surface area (TPSA) is 89.8 Å². The predicted octanol–water partition coefficient (Wildman–Crippen LogP) is -0.0446. The molecule has 0 fully saturated rings. The summed E-state index contributed by atoms with van der Waals surface area (Å²) in [5, 5.41) is 20.4. The van der Waals surface area contributed by atoms with E-state index in [1.54, 1.807) is 20.8 Å². The minimum Gasteiger partial charge on any atom is -0.498 e. The van der Waals surface area contributed by atoms with Crippen LogP contribution in [0.2, 0.25) is 0 Å². The Morgan fingerprint density at radius 3 is 2.38 bits per heavy atom. The monoisotopic (exact) mass is 226 g/mol. The van der Waals surface area contributed by atoms with Gasteiger partial charge in [0.1, 0.15) is 12.1 Å². The number of rotatable bonds is 1. The Bertz CT molecular complexity index is 392. The predicted molar refractivity (Wildman–Crippen MR) is 54.5 cm³/mol. The molecule has 0 bridgehead atoms. The van der Waals surface area contributed by atoms with Gasteiger partial charge in [-0.3, -0.25) is 4.99 Å².